The number of nitrogens with one attached hydrogen (secondary N) is 1. The Labute approximate surface area is 124 Å². The van der Waals surface area contributed by atoms with E-state index in [0.717, 1.165) is 19.1 Å². The van der Waals surface area contributed by atoms with Gasteiger partial charge in [-0.2, -0.15) is 0 Å². The summed E-state index contributed by atoms with van der Waals surface area (Å²) in [5.74, 6) is 0. The van der Waals surface area contributed by atoms with E-state index in [0.29, 0.717) is 6.04 Å². The number of rotatable bonds is 8. The van der Waals surface area contributed by atoms with E-state index in [-0.39, 0.29) is 0 Å². The van der Waals surface area contributed by atoms with Crippen molar-refractivity contribution in [2.24, 2.45) is 0 Å². The average Bonchev–Trinajstić information content (AvgIpc) is 3.20. The molecule has 1 fully saturated rings. The molecule has 2 nitrogen and oxygen atoms in total. The first kappa shape index (κ1) is 15.5. The van der Waals surface area contributed by atoms with Crippen molar-refractivity contribution in [3.05, 3.63) is 34.9 Å². The van der Waals surface area contributed by atoms with Crippen molar-refractivity contribution in [3.63, 3.8) is 0 Å². The predicted octanol–water partition coefficient (Wildman–Crippen LogP) is 3.83. The third-order valence-electron chi connectivity index (χ3n) is 4.09. The van der Waals surface area contributed by atoms with Gasteiger partial charge >= 0.3 is 0 Å². The van der Waals surface area contributed by atoms with Gasteiger partial charge in [-0.3, -0.25) is 4.90 Å². The lowest BCUT2D eigenvalue weighted by atomic mass is 10.0. The van der Waals surface area contributed by atoms with Gasteiger partial charge in [-0.25, -0.2) is 0 Å². The van der Waals surface area contributed by atoms with Gasteiger partial charge in [-0.15, -0.1) is 0 Å². The van der Waals surface area contributed by atoms with Gasteiger partial charge < -0.3 is 5.32 Å². The molecule has 0 spiro atoms. The molecule has 1 saturated carbocycles. The summed E-state index contributed by atoms with van der Waals surface area (Å²) in [5.41, 5.74) is 4.19. The average molecular weight is 274 g/mol. The molecule has 0 aliphatic heterocycles. The van der Waals surface area contributed by atoms with E-state index in [2.05, 4.69) is 56.1 Å². The van der Waals surface area contributed by atoms with Crippen molar-refractivity contribution in [3.8, 4) is 0 Å². The molecule has 0 saturated heterocycles. The number of likely N-dealkylation sites (N-methyl/N-ethyl adjacent to an activating group) is 1. The second kappa shape index (κ2) is 7.24. The third-order valence-corrected chi connectivity index (χ3v) is 4.09. The largest absolute Gasteiger partial charge is 0.309 e. The van der Waals surface area contributed by atoms with Crippen LogP contribution in [0, 0.1) is 13.8 Å². The molecule has 2 rings (SSSR count). The summed E-state index contributed by atoms with van der Waals surface area (Å²) >= 11 is 0. The van der Waals surface area contributed by atoms with E-state index in [1.165, 1.54) is 42.5 Å². The summed E-state index contributed by atoms with van der Waals surface area (Å²) in [6.07, 6.45) is 4.04. The fourth-order valence-corrected chi connectivity index (χ4v) is 3.13. The first-order chi connectivity index (χ1) is 9.63. The van der Waals surface area contributed by atoms with Gasteiger partial charge in [0, 0.05) is 18.6 Å². The minimum atomic E-state index is 0.464. The first-order valence-electron chi connectivity index (χ1n) is 8.19. The van der Waals surface area contributed by atoms with E-state index in [1.807, 2.05) is 0 Å². The summed E-state index contributed by atoms with van der Waals surface area (Å²) in [7, 11) is 0. The van der Waals surface area contributed by atoms with Gasteiger partial charge in [-0.05, 0) is 51.8 Å². The van der Waals surface area contributed by atoms with E-state index in [4.69, 9.17) is 0 Å². The highest BCUT2D eigenvalue weighted by atomic mass is 15.2. The lowest BCUT2D eigenvalue weighted by molar-refractivity contribution is 0.234. The summed E-state index contributed by atoms with van der Waals surface area (Å²) in [6.45, 7) is 12.3. The van der Waals surface area contributed by atoms with Crippen LogP contribution in [0.1, 0.15) is 55.8 Å². The lowest BCUT2D eigenvalue weighted by Gasteiger charge is -2.28. The minimum absolute atomic E-state index is 0.464. The Morgan fingerprint density at radius 3 is 2.30 bits per heavy atom. The van der Waals surface area contributed by atoms with Crippen LogP contribution in [0.2, 0.25) is 0 Å². The molecule has 1 unspecified atom stereocenters. The van der Waals surface area contributed by atoms with Crippen LogP contribution in [0.3, 0.4) is 0 Å². The van der Waals surface area contributed by atoms with Gasteiger partial charge in [-0.1, -0.05) is 43.2 Å². The number of nitrogens with zero attached hydrogens (tertiary/aromatic N) is 1. The molecule has 1 atom stereocenters. The summed E-state index contributed by atoms with van der Waals surface area (Å²) < 4.78 is 0. The summed E-state index contributed by atoms with van der Waals surface area (Å²) in [6, 6.07) is 8.26. The van der Waals surface area contributed by atoms with Gasteiger partial charge in [0.15, 0.2) is 0 Å². The van der Waals surface area contributed by atoms with Gasteiger partial charge in [0.05, 0.1) is 0 Å². The van der Waals surface area contributed by atoms with E-state index >= 15 is 0 Å². The third kappa shape index (κ3) is 4.32. The molecule has 0 heterocycles. The molecule has 0 aromatic heterocycles. The van der Waals surface area contributed by atoms with Gasteiger partial charge in [0.25, 0.3) is 0 Å². The van der Waals surface area contributed by atoms with Crippen molar-refractivity contribution >= 4 is 0 Å². The molecular weight excluding hydrogens is 244 g/mol. The monoisotopic (exact) mass is 274 g/mol. The maximum atomic E-state index is 3.68. The molecule has 1 aromatic carbocycles. The Hall–Kier alpha value is -0.860. The van der Waals surface area contributed by atoms with Crippen LogP contribution in [0.4, 0.5) is 0 Å². The Bertz CT molecular complexity index is 403. The minimum Gasteiger partial charge on any atom is -0.309 e. The van der Waals surface area contributed by atoms with Crippen LogP contribution in [-0.2, 0) is 0 Å². The summed E-state index contributed by atoms with van der Waals surface area (Å²) in [4.78, 5) is 2.69. The number of aryl methyl sites for hydroxylation is 2. The van der Waals surface area contributed by atoms with Crippen molar-refractivity contribution in [2.75, 3.05) is 19.6 Å². The van der Waals surface area contributed by atoms with Gasteiger partial charge in [0.1, 0.15) is 0 Å². The number of benzene rings is 1. The zero-order valence-electron chi connectivity index (χ0n) is 13.6. The smallest absolute Gasteiger partial charge is 0.0449 e. The van der Waals surface area contributed by atoms with Crippen molar-refractivity contribution < 1.29 is 0 Å². The predicted molar refractivity (Wildman–Crippen MR) is 87.2 cm³/mol. The quantitative estimate of drug-likeness (QED) is 0.775. The second-order valence-corrected chi connectivity index (χ2v) is 6.26. The second-order valence-electron chi connectivity index (χ2n) is 6.26. The van der Waals surface area contributed by atoms with E-state index in [1.54, 1.807) is 0 Å². The molecule has 0 amide bonds. The Kier molecular flexibility index (Phi) is 5.62. The maximum absolute atomic E-state index is 3.68. The van der Waals surface area contributed by atoms with Crippen LogP contribution in [0.25, 0.3) is 0 Å². The Morgan fingerprint density at radius 2 is 1.80 bits per heavy atom. The lowest BCUT2D eigenvalue weighted by Crippen LogP contribution is -2.37. The fourth-order valence-electron chi connectivity index (χ4n) is 3.13. The molecule has 1 N–H and O–H groups in total. The topological polar surface area (TPSA) is 15.3 Å². The highest BCUT2D eigenvalue weighted by Gasteiger charge is 2.30. The van der Waals surface area contributed by atoms with E-state index in [9.17, 15) is 0 Å². The molecule has 0 radical (unpaired) electrons. The summed E-state index contributed by atoms with van der Waals surface area (Å²) in [5, 5.41) is 3.68. The Balaban J connectivity index is 2.12. The molecule has 1 aliphatic carbocycles. The van der Waals surface area contributed by atoms with Crippen LogP contribution in [0.5, 0.6) is 0 Å². The standard InChI is InChI=1S/C18H30N2/c1-5-9-20(17-7-8-17)13-18(19-6-2)16-11-14(3)10-15(4)12-16/h10-12,17-19H,5-9,13H2,1-4H3. The number of hydrogen-bond donors (Lipinski definition) is 1. The molecule has 20 heavy (non-hydrogen) atoms. The van der Waals surface area contributed by atoms with Crippen LogP contribution < -0.4 is 5.32 Å². The molecule has 2 heteroatoms. The molecule has 1 aromatic rings. The van der Waals surface area contributed by atoms with Crippen LogP contribution in [-0.4, -0.2) is 30.6 Å². The first-order valence-corrected chi connectivity index (χ1v) is 8.19. The molecular formula is C18H30N2. The Morgan fingerprint density at radius 1 is 1.15 bits per heavy atom. The SMILES string of the molecule is CCCN(CC(NCC)c1cc(C)cc(C)c1)C1CC1. The van der Waals surface area contributed by atoms with Crippen molar-refractivity contribution in [1.82, 2.24) is 10.2 Å². The zero-order valence-corrected chi connectivity index (χ0v) is 13.6. The fraction of sp³-hybridized carbons (Fsp3) is 0.667. The normalized spacial score (nSPS) is 16.6. The highest BCUT2D eigenvalue weighted by Crippen LogP contribution is 2.29. The zero-order chi connectivity index (χ0) is 14.5. The van der Waals surface area contributed by atoms with Crippen LogP contribution in [0.15, 0.2) is 18.2 Å². The number of hydrogen-bond acceptors (Lipinski definition) is 2. The van der Waals surface area contributed by atoms with Crippen molar-refractivity contribution in [2.45, 2.75) is 59.0 Å². The highest BCUT2D eigenvalue weighted by molar-refractivity contribution is 5.31. The molecule has 0 bridgehead atoms. The van der Waals surface area contributed by atoms with Crippen molar-refractivity contribution in [1.29, 1.82) is 0 Å². The molecule has 112 valence electrons. The van der Waals surface area contributed by atoms with Gasteiger partial charge in [0.2, 0.25) is 0 Å². The molecule has 1 aliphatic rings. The maximum Gasteiger partial charge on any atom is 0.0449 e. The van der Waals surface area contributed by atoms with Crippen LogP contribution >= 0.6 is 0 Å². The van der Waals surface area contributed by atoms with E-state index < -0.39 is 0 Å².